The fraction of sp³-hybridized carbons (Fsp3) is 1.00. The largest absolute Gasteiger partial charge is 0.280 e. The second kappa shape index (κ2) is 4.46. The quantitative estimate of drug-likeness (QED) is 0.389. The van der Waals surface area contributed by atoms with Crippen LogP contribution < -0.4 is 0 Å². The second-order valence-electron chi connectivity index (χ2n) is 9.73. The first-order valence-corrected chi connectivity index (χ1v) is 9.11. The molecule has 2 aliphatic carbocycles. The van der Waals surface area contributed by atoms with Gasteiger partial charge >= 0.3 is 0 Å². The fourth-order valence-electron chi connectivity index (χ4n) is 5.93. The molecule has 0 aromatic rings. The van der Waals surface area contributed by atoms with Crippen molar-refractivity contribution < 1.29 is 8.87 Å². The van der Waals surface area contributed by atoms with Gasteiger partial charge in [0, 0.05) is 11.3 Å². The molecule has 1 aliphatic heterocycles. The minimum atomic E-state index is -0.631. The molecule has 0 amide bonds. The summed E-state index contributed by atoms with van der Waals surface area (Å²) in [6.45, 7) is 17.2. The Labute approximate surface area is 130 Å². The summed E-state index contributed by atoms with van der Waals surface area (Å²) in [5.74, 6) is 1.86. The topological polar surface area (TPSA) is 0 Å². The van der Waals surface area contributed by atoms with Crippen LogP contribution in [-0.4, -0.2) is 29.4 Å². The van der Waals surface area contributed by atoms with Crippen LogP contribution in [0.2, 0.25) is 0 Å². The summed E-state index contributed by atoms with van der Waals surface area (Å²) in [5.41, 5.74) is 0.534. The second-order valence-corrected chi connectivity index (χ2v) is 9.73. The van der Waals surface area contributed by atoms with Crippen molar-refractivity contribution in [2.24, 2.45) is 28.6 Å². The molecule has 1 nitrogen and oxygen atoms in total. The van der Waals surface area contributed by atoms with Crippen LogP contribution in [0.4, 0.5) is 4.39 Å². The summed E-state index contributed by atoms with van der Waals surface area (Å²) >= 11 is 0. The molecule has 0 spiro atoms. The van der Waals surface area contributed by atoms with Crippen LogP contribution in [0.3, 0.4) is 0 Å². The maximum absolute atomic E-state index is 15.8. The Bertz CT molecular complexity index is 422. The molecule has 3 aliphatic rings. The Morgan fingerprint density at radius 2 is 1.90 bits per heavy atom. The van der Waals surface area contributed by atoms with Crippen LogP contribution in [0.25, 0.3) is 0 Å². The summed E-state index contributed by atoms with van der Waals surface area (Å²) in [6, 6.07) is 0.975. The van der Waals surface area contributed by atoms with Gasteiger partial charge in [-0.05, 0) is 43.4 Å². The predicted molar refractivity (Wildman–Crippen MR) is 86.5 cm³/mol. The standard InChI is InChI=1S/C19H35FN/c1-8-13(3)21(11-16(21)18(4,5)6)17(20)15-10-14-9-12(2)19(14,15)7/h12-17H,8-11H2,1-7H3/q+1. The van der Waals surface area contributed by atoms with Gasteiger partial charge in [-0.2, -0.15) is 4.39 Å². The highest BCUT2D eigenvalue weighted by Crippen LogP contribution is 2.70. The lowest BCUT2D eigenvalue weighted by Crippen LogP contribution is -2.66. The van der Waals surface area contributed by atoms with E-state index in [1.165, 1.54) is 6.42 Å². The van der Waals surface area contributed by atoms with E-state index in [1.54, 1.807) is 0 Å². The molecule has 0 bridgehead atoms. The molecule has 122 valence electrons. The third-order valence-corrected chi connectivity index (χ3v) is 8.06. The van der Waals surface area contributed by atoms with E-state index in [1.807, 2.05) is 0 Å². The van der Waals surface area contributed by atoms with Gasteiger partial charge < -0.3 is 0 Å². The monoisotopic (exact) mass is 296 g/mol. The van der Waals surface area contributed by atoms with E-state index in [0.717, 1.165) is 35.7 Å². The van der Waals surface area contributed by atoms with Crippen molar-refractivity contribution in [1.82, 2.24) is 0 Å². The van der Waals surface area contributed by atoms with Crippen molar-refractivity contribution in [3.05, 3.63) is 0 Å². The average Bonchev–Trinajstić information content (AvgIpc) is 3.17. The van der Waals surface area contributed by atoms with E-state index in [9.17, 15) is 0 Å². The number of nitrogens with zero attached hydrogens (tertiary/aromatic N) is 1. The first kappa shape index (κ1) is 15.8. The van der Waals surface area contributed by atoms with E-state index in [0.29, 0.717) is 23.4 Å². The summed E-state index contributed by atoms with van der Waals surface area (Å²) in [6.07, 6.45) is 2.95. The number of fused-ring (bicyclic) bond motifs is 1. The van der Waals surface area contributed by atoms with E-state index in [4.69, 9.17) is 0 Å². The molecule has 21 heavy (non-hydrogen) atoms. The Hall–Kier alpha value is -0.110. The molecule has 0 N–H and O–H groups in total. The molecular weight excluding hydrogens is 261 g/mol. The zero-order valence-electron chi connectivity index (χ0n) is 15.1. The fourth-order valence-corrected chi connectivity index (χ4v) is 5.93. The van der Waals surface area contributed by atoms with Crippen molar-refractivity contribution in [3.63, 3.8) is 0 Å². The lowest BCUT2D eigenvalue weighted by Gasteiger charge is -2.67. The van der Waals surface area contributed by atoms with Crippen molar-refractivity contribution in [2.75, 3.05) is 6.54 Å². The SMILES string of the molecule is CCC(C)[N+]1(C(F)C2CC3CC(C)C32C)CC1C(C)(C)C. The number of hydrogen-bond acceptors (Lipinski definition) is 0. The van der Waals surface area contributed by atoms with Gasteiger partial charge in [0.05, 0.1) is 6.04 Å². The predicted octanol–water partition coefficient (Wildman–Crippen LogP) is 5.01. The summed E-state index contributed by atoms with van der Waals surface area (Å²) in [7, 11) is 0. The molecule has 0 aromatic heterocycles. The van der Waals surface area contributed by atoms with Crippen LogP contribution in [-0.2, 0) is 0 Å². The highest BCUT2D eigenvalue weighted by Gasteiger charge is 2.74. The van der Waals surface area contributed by atoms with Gasteiger partial charge in [-0.3, -0.25) is 4.48 Å². The van der Waals surface area contributed by atoms with E-state index < -0.39 is 6.30 Å². The first-order chi connectivity index (χ1) is 9.60. The minimum absolute atomic E-state index is 0.225. The molecule has 8 atom stereocenters. The first-order valence-electron chi connectivity index (χ1n) is 9.11. The molecule has 8 unspecified atom stereocenters. The summed E-state index contributed by atoms with van der Waals surface area (Å²) in [5, 5.41) is 0. The molecule has 3 rings (SSSR count). The smallest absolute Gasteiger partial charge is 0.236 e. The van der Waals surface area contributed by atoms with Gasteiger partial charge in [0.15, 0.2) is 0 Å². The van der Waals surface area contributed by atoms with Crippen molar-refractivity contribution in [2.45, 2.75) is 86.1 Å². The van der Waals surface area contributed by atoms with Gasteiger partial charge in [-0.25, -0.2) is 0 Å². The van der Waals surface area contributed by atoms with Crippen molar-refractivity contribution >= 4 is 0 Å². The number of quaternary nitrogens is 1. The highest BCUT2D eigenvalue weighted by molar-refractivity contribution is 5.11. The normalized spacial score (nSPS) is 51.4. The van der Waals surface area contributed by atoms with Gasteiger partial charge in [0.2, 0.25) is 6.30 Å². The maximum Gasteiger partial charge on any atom is 0.236 e. The van der Waals surface area contributed by atoms with Crippen molar-refractivity contribution in [3.8, 4) is 0 Å². The average molecular weight is 296 g/mol. The molecule has 0 aromatic carbocycles. The Morgan fingerprint density at radius 3 is 2.29 bits per heavy atom. The van der Waals surface area contributed by atoms with Crippen LogP contribution in [0, 0.1) is 28.6 Å². The van der Waals surface area contributed by atoms with Crippen LogP contribution >= 0.6 is 0 Å². The van der Waals surface area contributed by atoms with Gasteiger partial charge in [-0.1, -0.05) is 41.5 Å². The van der Waals surface area contributed by atoms with E-state index in [-0.39, 0.29) is 5.41 Å². The van der Waals surface area contributed by atoms with Crippen LogP contribution in [0.15, 0.2) is 0 Å². The minimum Gasteiger partial charge on any atom is -0.280 e. The van der Waals surface area contributed by atoms with Crippen molar-refractivity contribution in [1.29, 1.82) is 0 Å². The van der Waals surface area contributed by atoms with E-state index >= 15 is 4.39 Å². The van der Waals surface area contributed by atoms with Crippen LogP contribution in [0.1, 0.15) is 67.7 Å². The number of hydrogen-bond donors (Lipinski definition) is 0. The summed E-state index contributed by atoms with van der Waals surface area (Å²) in [4.78, 5) is 0. The molecule has 0 radical (unpaired) electrons. The lowest BCUT2D eigenvalue weighted by molar-refractivity contribution is -0.893. The molecule has 2 saturated carbocycles. The number of halogens is 1. The van der Waals surface area contributed by atoms with Gasteiger partial charge in [-0.15, -0.1) is 0 Å². The zero-order valence-corrected chi connectivity index (χ0v) is 15.1. The van der Waals surface area contributed by atoms with Gasteiger partial charge in [0.1, 0.15) is 12.6 Å². The molecule has 2 heteroatoms. The van der Waals surface area contributed by atoms with Gasteiger partial charge in [0.25, 0.3) is 0 Å². The molecular formula is C19H35FN+. The maximum atomic E-state index is 15.8. The van der Waals surface area contributed by atoms with E-state index in [2.05, 4.69) is 48.5 Å². The third-order valence-electron chi connectivity index (χ3n) is 8.06. The Kier molecular flexibility index (Phi) is 3.35. The molecule has 1 saturated heterocycles. The lowest BCUT2D eigenvalue weighted by atomic mass is 9.38. The molecule has 3 fully saturated rings. The Morgan fingerprint density at radius 1 is 1.29 bits per heavy atom. The molecule has 1 heterocycles. The number of alkyl halides is 1. The Balaban J connectivity index is 1.83. The van der Waals surface area contributed by atoms with Crippen LogP contribution in [0.5, 0.6) is 0 Å². The zero-order chi connectivity index (χ0) is 15.8. The summed E-state index contributed by atoms with van der Waals surface area (Å²) < 4.78 is 16.5. The highest BCUT2D eigenvalue weighted by atomic mass is 19.1. The number of rotatable bonds is 4. The third kappa shape index (κ3) is 1.84.